The van der Waals surface area contributed by atoms with E-state index >= 15 is 0 Å². The lowest BCUT2D eigenvalue weighted by Gasteiger charge is -2.36. The number of aromatic nitrogens is 1. The number of halogens is 1. The number of hydrogen-bond donors (Lipinski definition) is 2. The van der Waals surface area contributed by atoms with E-state index in [1.165, 1.54) is 5.56 Å². The Balaban J connectivity index is 1.51. The molecule has 1 aromatic heterocycles. The van der Waals surface area contributed by atoms with Gasteiger partial charge in [0.25, 0.3) is 0 Å². The van der Waals surface area contributed by atoms with Gasteiger partial charge in [-0.05, 0) is 67.8 Å². The molecule has 1 aliphatic rings. The van der Waals surface area contributed by atoms with Crippen molar-refractivity contribution in [1.82, 2.24) is 9.88 Å². The number of rotatable bonds is 4. The van der Waals surface area contributed by atoms with E-state index in [9.17, 15) is 9.59 Å². The normalized spacial score (nSPS) is 15.1. The second-order valence-corrected chi connectivity index (χ2v) is 9.13. The highest BCUT2D eigenvalue weighted by Gasteiger charge is 2.34. The van der Waals surface area contributed by atoms with Crippen LogP contribution in [0.2, 0.25) is 5.02 Å². The molecular formula is C28H26ClN3O3. The molecule has 7 heteroatoms. The fourth-order valence-corrected chi connectivity index (χ4v) is 4.88. The Labute approximate surface area is 208 Å². The van der Waals surface area contributed by atoms with Crippen LogP contribution >= 0.6 is 11.6 Å². The number of benzene rings is 3. The maximum Gasteiger partial charge on any atom is 0.338 e. The smallest absolute Gasteiger partial charge is 0.338 e. The van der Waals surface area contributed by atoms with Crippen LogP contribution in [0, 0.1) is 6.92 Å². The molecule has 0 spiro atoms. The van der Waals surface area contributed by atoms with E-state index in [4.69, 9.17) is 16.3 Å². The second kappa shape index (κ2) is 9.47. The molecule has 3 aromatic carbocycles. The Kier molecular flexibility index (Phi) is 6.22. The standard InChI is InChI=1S/C28H26ClN3O3/c1-3-35-27(33)19-5-4-6-21(15-19)30-28(34)32-14-13-22-23-16-20(29)11-12-24(23)31-25(22)26(32)18-9-7-17(2)8-10-18/h4-12,15-16,26,31H,3,13-14H2,1-2H3,(H,30,34)/t26-/m0/s1. The van der Waals surface area contributed by atoms with Crippen molar-refractivity contribution in [2.45, 2.75) is 26.3 Å². The number of urea groups is 1. The van der Waals surface area contributed by atoms with Crippen LogP contribution in [0.3, 0.4) is 0 Å². The zero-order valence-corrected chi connectivity index (χ0v) is 20.4. The van der Waals surface area contributed by atoms with E-state index < -0.39 is 5.97 Å². The van der Waals surface area contributed by atoms with Crippen LogP contribution in [0.5, 0.6) is 0 Å². The third-order valence-electron chi connectivity index (χ3n) is 6.37. The van der Waals surface area contributed by atoms with E-state index in [0.29, 0.717) is 35.8 Å². The number of anilines is 1. The van der Waals surface area contributed by atoms with Crippen LogP contribution in [0.25, 0.3) is 10.9 Å². The van der Waals surface area contributed by atoms with E-state index in [1.807, 2.05) is 30.0 Å². The highest BCUT2D eigenvalue weighted by atomic mass is 35.5. The summed E-state index contributed by atoms with van der Waals surface area (Å²) >= 11 is 6.29. The number of nitrogens with one attached hydrogen (secondary N) is 2. The first-order chi connectivity index (χ1) is 16.9. The van der Waals surface area contributed by atoms with Crippen molar-refractivity contribution in [2.75, 3.05) is 18.5 Å². The van der Waals surface area contributed by atoms with Gasteiger partial charge in [-0.3, -0.25) is 0 Å². The van der Waals surface area contributed by atoms with Gasteiger partial charge in [-0.15, -0.1) is 0 Å². The summed E-state index contributed by atoms with van der Waals surface area (Å²) in [5.74, 6) is -0.416. The summed E-state index contributed by atoms with van der Waals surface area (Å²) in [6.07, 6.45) is 0.703. The number of nitrogens with zero attached hydrogens (tertiary/aromatic N) is 1. The predicted octanol–water partition coefficient (Wildman–Crippen LogP) is 6.49. The summed E-state index contributed by atoms with van der Waals surface area (Å²) in [7, 11) is 0. The SMILES string of the molecule is CCOC(=O)c1cccc(NC(=O)N2CCc3c([nH]c4ccc(Cl)cc34)[C@@H]2c2ccc(C)cc2)c1. The molecule has 4 aromatic rings. The quantitative estimate of drug-likeness (QED) is 0.323. The van der Waals surface area contributed by atoms with Crippen molar-refractivity contribution in [1.29, 1.82) is 0 Å². The fraction of sp³-hybridized carbons (Fsp3) is 0.214. The molecular weight excluding hydrogens is 462 g/mol. The molecule has 6 nitrogen and oxygen atoms in total. The molecule has 1 atom stereocenters. The summed E-state index contributed by atoms with van der Waals surface area (Å²) in [5.41, 5.74) is 6.28. The Bertz CT molecular complexity index is 1410. The highest BCUT2D eigenvalue weighted by molar-refractivity contribution is 6.31. The largest absolute Gasteiger partial charge is 0.462 e. The summed E-state index contributed by atoms with van der Waals surface area (Å²) in [4.78, 5) is 31.1. The van der Waals surface area contributed by atoms with Gasteiger partial charge in [0, 0.05) is 33.9 Å². The Morgan fingerprint density at radius 3 is 2.69 bits per heavy atom. The highest BCUT2D eigenvalue weighted by Crippen LogP contribution is 2.39. The predicted molar refractivity (Wildman–Crippen MR) is 138 cm³/mol. The third kappa shape index (κ3) is 4.49. The first-order valence-corrected chi connectivity index (χ1v) is 12.0. The maximum atomic E-state index is 13.6. The molecule has 0 saturated carbocycles. The van der Waals surface area contributed by atoms with Crippen LogP contribution in [-0.2, 0) is 11.2 Å². The van der Waals surface area contributed by atoms with E-state index in [1.54, 1.807) is 31.2 Å². The van der Waals surface area contributed by atoms with Gasteiger partial charge in [0.05, 0.1) is 18.2 Å². The molecule has 0 aliphatic carbocycles. The summed E-state index contributed by atoms with van der Waals surface area (Å²) in [5, 5.41) is 4.76. The van der Waals surface area contributed by atoms with E-state index in [-0.39, 0.29) is 12.1 Å². The molecule has 0 unspecified atom stereocenters. The molecule has 178 valence electrons. The molecule has 2 N–H and O–H groups in total. The van der Waals surface area contributed by atoms with Crippen molar-refractivity contribution in [3.8, 4) is 0 Å². The number of ether oxygens (including phenoxy) is 1. The van der Waals surface area contributed by atoms with Crippen molar-refractivity contribution in [3.05, 3.63) is 99.7 Å². The molecule has 2 amide bonds. The number of hydrogen-bond acceptors (Lipinski definition) is 3. The molecule has 35 heavy (non-hydrogen) atoms. The number of carbonyl (C=O) groups excluding carboxylic acids is 2. The number of aromatic amines is 1. The zero-order valence-electron chi connectivity index (χ0n) is 19.6. The van der Waals surface area contributed by atoms with Crippen LogP contribution in [-0.4, -0.2) is 35.0 Å². The molecule has 0 saturated heterocycles. The minimum absolute atomic E-state index is 0.237. The molecule has 0 radical (unpaired) electrons. The number of amides is 2. The van der Waals surface area contributed by atoms with Gasteiger partial charge in [-0.2, -0.15) is 0 Å². The van der Waals surface area contributed by atoms with Crippen molar-refractivity contribution >= 4 is 40.2 Å². The van der Waals surface area contributed by atoms with Gasteiger partial charge in [0.2, 0.25) is 0 Å². The van der Waals surface area contributed by atoms with Crippen LogP contribution in [0.15, 0.2) is 66.7 Å². The van der Waals surface area contributed by atoms with Crippen molar-refractivity contribution in [2.24, 2.45) is 0 Å². The number of aryl methyl sites for hydroxylation is 1. The second-order valence-electron chi connectivity index (χ2n) is 8.70. The van der Waals surface area contributed by atoms with Gasteiger partial charge < -0.3 is 19.9 Å². The van der Waals surface area contributed by atoms with Gasteiger partial charge in [-0.25, -0.2) is 9.59 Å². The summed E-state index contributed by atoms with van der Waals surface area (Å²) < 4.78 is 5.09. The monoisotopic (exact) mass is 487 g/mol. The van der Waals surface area contributed by atoms with Gasteiger partial charge in [0.15, 0.2) is 0 Å². The molecule has 0 fully saturated rings. The number of fused-ring (bicyclic) bond motifs is 3. The topological polar surface area (TPSA) is 74.4 Å². The lowest BCUT2D eigenvalue weighted by molar-refractivity contribution is 0.0526. The van der Waals surface area contributed by atoms with Crippen molar-refractivity contribution < 1.29 is 14.3 Å². The number of esters is 1. The lowest BCUT2D eigenvalue weighted by Crippen LogP contribution is -2.43. The lowest BCUT2D eigenvalue weighted by atomic mass is 9.92. The minimum Gasteiger partial charge on any atom is -0.462 e. The zero-order chi connectivity index (χ0) is 24.5. The molecule has 2 heterocycles. The minimum atomic E-state index is -0.416. The fourth-order valence-electron chi connectivity index (χ4n) is 4.71. The first-order valence-electron chi connectivity index (χ1n) is 11.7. The molecule has 0 bridgehead atoms. The van der Waals surface area contributed by atoms with Crippen LogP contribution in [0.4, 0.5) is 10.5 Å². The van der Waals surface area contributed by atoms with Crippen LogP contribution in [0.1, 0.15) is 45.7 Å². The number of H-pyrrole nitrogens is 1. The van der Waals surface area contributed by atoms with Gasteiger partial charge in [0.1, 0.15) is 0 Å². The van der Waals surface area contributed by atoms with Gasteiger partial charge >= 0.3 is 12.0 Å². The molecule has 1 aliphatic heterocycles. The first kappa shape index (κ1) is 23.0. The maximum absolute atomic E-state index is 13.6. The average molecular weight is 488 g/mol. The van der Waals surface area contributed by atoms with E-state index in [2.05, 4.69) is 34.6 Å². The number of carbonyl (C=O) groups is 2. The van der Waals surface area contributed by atoms with Crippen LogP contribution < -0.4 is 5.32 Å². The Morgan fingerprint density at radius 1 is 1.11 bits per heavy atom. The third-order valence-corrected chi connectivity index (χ3v) is 6.60. The Morgan fingerprint density at radius 2 is 1.91 bits per heavy atom. The van der Waals surface area contributed by atoms with Crippen molar-refractivity contribution in [3.63, 3.8) is 0 Å². The average Bonchev–Trinajstić information content (AvgIpc) is 3.22. The summed E-state index contributed by atoms with van der Waals surface area (Å²) in [6, 6.07) is 20.3. The van der Waals surface area contributed by atoms with E-state index in [0.717, 1.165) is 27.7 Å². The summed E-state index contributed by atoms with van der Waals surface area (Å²) in [6.45, 7) is 4.63. The molecule has 5 rings (SSSR count). The van der Waals surface area contributed by atoms with Gasteiger partial charge in [-0.1, -0.05) is 47.5 Å². The Hall–Kier alpha value is -3.77.